The number of aliphatic hydroxyl groups excluding tert-OH is 1. The fraction of sp³-hybridized carbons (Fsp3) is 0.800. The van der Waals surface area contributed by atoms with Gasteiger partial charge < -0.3 is 5.11 Å². The van der Waals surface area contributed by atoms with Crippen molar-refractivity contribution in [3.05, 3.63) is 6.92 Å². The second-order valence-electron chi connectivity index (χ2n) is 1.83. The van der Waals surface area contributed by atoms with E-state index in [-0.39, 0.29) is 0 Å². The van der Waals surface area contributed by atoms with Gasteiger partial charge in [0.25, 0.3) is 0 Å². The summed E-state index contributed by atoms with van der Waals surface area (Å²) in [6.45, 7) is 5.05. The Morgan fingerprint density at radius 1 is 1.67 bits per heavy atom. The second-order valence-corrected chi connectivity index (χ2v) is 1.83. The summed E-state index contributed by atoms with van der Waals surface area (Å²) in [7, 11) is 0. The van der Waals surface area contributed by atoms with Crippen LogP contribution in [0.3, 0.4) is 0 Å². The number of aliphatic hydroxyl groups is 1. The fourth-order valence-electron chi connectivity index (χ4n) is 0.438. The Morgan fingerprint density at radius 2 is 2.17 bits per heavy atom. The predicted octanol–water partition coefficient (Wildman–Crippen LogP) is 0.468. The van der Waals surface area contributed by atoms with Crippen molar-refractivity contribution in [3.8, 4) is 0 Å². The molecule has 0 aromatic rings. The monoisotopic (exact) mass is 84.1 g/mol. The Kier molecular flexibility index (Phi) is 0.845. The summed E-state index contributed by atoms with van der Waals surface area (Å²) in [6.07, 6.45) is 1.71. The van der Waals surface area contributed by atoms with Crippen LogP contribution < -0.4 is 0 Å². The first-order valence-electron chi connectivity index (χ1n) is 2.24. The molecule has 0 spiro atoms. The first-order valence-corrected chi connectivity index (χ1v) is 2.24. The highest BCUT2D eigenvalue weighted by atomic mass is 16.3. The van der Waals surface area contributed by atoms with Crippen LogP contribution in [-0.4, -0.2) is 11.2 Å². The largest absolute Gasteiger partial charge is 0.393 e. The van der Waals surface area contributed by atoms with Crippen LogP contribution in [0.1, 0.15) is 12.8 Å². The lowest BCUT2D eigenvalue weighted by Crippen LogP contribution is -2.00. The van der Waals surface area contributed by atoms with Crippen molar-refractivity contribution in [1.29, 1.82) is 0 Å². The zero-order valence-corrected chi connectivity index (χ0v) is 3.59. The van der Waals surface area contributed by atoms with Crippen molar-refractivity contribution in [3.63, 3.8) is 0 Å². The van der Waals surface area contributed by atoms with Gasteiger partial charge in [0.15, 0.2) is 0 Å². The van der Waals surface area contributed by atoms with E-state index in [9.17, 15) is 0 Å². The quantitative estimate of drug-likeness (QED) is 0.489. The van der Waals surface area contributed by atoms with Crippen molar-refractivity contribution in [2.45, 2.75) is 18.9 Å². The van der Waals surface area contributed by atoms with Crippen LogP contribution in [0.4, 0.5) is 0 Å². The number of rotatable bonds is 1. The first-order chi connectivity index (χ1) is 2.80. The van der Waals surface area contributed by atoms with Crippen LogP contribution in [0.15, 0.2) is 0 Å². The number of hydrogen-bond donors (Lipinski definition) is 1. The van der Waals surface area contributed by atoms with Gasteiger partial charge in [0.2, 0.25) is 0 Å². The molecule has 34 valence electrons. The molecule has 1 fully saturated rings. The molecule has 6 heavy (non-hydrogen) atoms. The molecule has 0 amide bonds. The summed E-state index contributed by atoms with van der Waals surface area (Å²) in [5, 5.41) is 8.47. The van der Waals surface area contributed by atoms with Crippen molar-refractivity contribution < 1.29 is 5.11 Å². The van der Waals surface area contributed by atoms with E-state index >= 15 is 0 Å². The highest BCUT2D eigenvalue weighted by molar-refractivity contribution is 4.81. The molecule has 1 rings (SSSR count). The van der Waals surface area contributed by atoms with Crippen molar-refractivity contribution in [2.75, 3.05) is 0 Å². The minimum atomic E-state index is -0.537. The van der Waals surface area contributed by atoms with Crippen LogP contribution >= 0.6 is 0 Å². The molecule has 0 bridgehead atoms. The second kappa shape index (κ2) is 1.23. The maximum Gasteiger partial charge on any atom is 0.0604 e. The Bertz CT molecular complexity index is 45.9. The summed E-state index contributed by atoms with van der Waals surface area (Å²) in [5.41, 5.74) is 0. The Labute approximate surface area is 38.0 Å². The van der Waals surface area contributed by atoms with Gasteiger partial charge in [-0.2, -0.15) is 0 Å². The molecule has 1 N–H and O–H groups in total. The molecule has 0 aromatic heterocycles. The van der Waals surface area contributed by atoms with Gasteiger partial charge in [-0.1, -0.05) is 0 Å². The van der Waals surface area contributed by atoms with E-state index in [1.54, 1.807) is 0 Å². The number of hydrogen-bond acceptors (Lipinski definition) is 1. The van der Waals surface area contributed by atoms with Gasteiger partial charge >= 0.3 is 0 Å². The predicted molar refractivity (Wildman–Crippen MR) is 23.0 cm³/mol. The summed E-state index contributed by atoms with van der Waals surface area (Å²) in [5.74, 6) is 0.435. The first kappa shape index (κ1) is 4.13. The molecule has 1 heteroatoms. The third kappa shape index (κ3) is 0.716. The summed E-state index contributed by atoms with van der Waals surface area (Å²) >= 11 is 0. The van der Waals surface area contributed by atoms with Crippen LogP contribution in [0.5, 0.6) is 0 Å². The van der Waals surface area contributed by atoms with Gasteiger partial charge in [-0.3, -0.25) is 0 Å². The summed E-state index contributed by atoms with van der Waals surface area (Å²) in [6, 6.07) is 0. The van der Waals surface area contributed by atoms with Gasteiger partial charge in [-0.15, -0.1) is 0 Å². The molecule has 1 atom stereocenters. The SMILES string of the molecule is [CH]C(O)C1CC1. The van der Waals surface area contributed by atoms with Crippen LogP contribution in [0.25, 0.3) is 0 Å². The normalized spacial score (nSPS) is 27.0. The average Bonchev–Trinajstić information content (AvgIpc) is 2.06. The van der Waals surface area contributed by atoms with E-state index in [0.717, 1.165) is 12.8 Å². The maximum atomic E-state index is 8.47. The molecule has 0 aliphatic heterocycles. The topological polar surface area (TPSA) is 20.2 Å². The molecule has 0 heterocycles. The van der Waals surface area contributed by atoms with E-state index in [0.29, 0.717) is 5.92 Å². The third-order valence-corrected chi connectivity index (χ3v) is 1.10. The molecule has 2 radical (unpaired) electrons. The smallest absolute Gasteiger partial charge is 0.0604 e. The highest BCUT2D eigenvalue weighted by Crippen LogP contribution is 2.31. The van der Waals surface area contributed by atoms with E-state index in [2.05, 4.69) is 0 Å². The molecule has 1 aliphatic rings. The van der Waals surface area contributed by atoms with E-state index in [4.69, 9.17) is 12.0 Å². The Hall–Kier alpha value is -0.0400. The van der Waals surface area contributed by atoms with Gasteiger partial charge in [-0.05, 0) is 25.7 Å². The molecule has 0 aromatic carbocycles. The molecule has 1 aliphatic carbocycles. The standard InChI is InChI=1S/C5H8O/c1-4(6)5-2-3-5/h1,4-6H,2-3H2. The molecular weight excluding hydrogens is 76.1 g/mol. The minimum Gasteiger partial charge on any atom is -0.393 e. The molecule has 1 unspecified atom stereocenters. The summed E-state index contributed by atoms with van der Waals surface area (Å²) in [4.78, 5) is 0. The summed E-state index contributed by atoms with van der Waals surface area (Å²) < 4.78 is 0. The Balaban J connectivity index is 2.13. The lowest BCUT2D eigenvalue weighted by Gasteiger charge is -1.93. The lowest BCUT2D eigenvalue weighted by molar-refractivity contribution is 0.197. The lowest BCUT2D eigenvalue weighted by atomic mass is 10.3. The van der Waals surface area contributed by atoms with Crippen molar-refractivity contribution in [2.24, 2.45) is 5.92 Å². The maximum absolute atomic E-state index is 8.47. The molecule has 0 saturated heterocycles. The zero-order chi connectivity index (χ0) is 4.57. The Morgan fingerprint density at radius 3 is 2.17 bits per heavy atom. The van der Waals surface area contributed by atoms with E-state index < -0.39 is 6.10 Å². The van der Waals surface area contributed by atoms with E-state index in [1.165, 1.54) is 0 Å². The van der Waals surface area contributed by atoms with E-state index in [1.807, 2.05) is 0 Å². The molecule has 1 saturated carbocycles. The van der Waals surface area contributed by atoms with Crippen LogP contribution in [0.2, 0.25) is 0 Å². The van der Waals surface area contributed by atoms with Gasteiger partial charge in [0.1, 0.15) is 0 Å². The minimum absolute atomic E-state index is 0.435. The van der Waals surface area contributed by atoms with Gasteiger partial charge in [-0.25, -0.2) is 0 Å². The van der Waals surface area contributed by atoms with Gasteiger partial charge in [0, 0.05) is 0 Å². The van der Waals surface area contributed by atoms with Gasteiger partial charge in [0.05, 0.1) is 6.10 Å². The highest BCUT2D eigenvalue weighted by Gasteiger charge is 2.25. The van der Waals surface area contributed by atoms with Crippen LogP contribution in [0, 0.1) is 12.8 Å². The zero-order valence-electron chi connectivity index (χ0n) is 3.59. The molecular formula is C5H8O. The average molecular weight is 84.1 g/mol. The van der Waals surface area contributed by atoms with Crippen LogP contribution in [-0.2, 0) is 0 Å². The van der Waals surface area contributed by atoms with Crippen molar-refractivity contribution in [1.82, 2.24) is 0 Å². The third-order valence-electron chi connectivity index (χ3n) is 1.10. The van der Waals surface area contributed by atoms with Crippen molar-refractivity contribution >= 4 is 0 Å². The molecule has 1 nitrogen and oxygen atoms in total. The fourth-order valence-corrected chi connectivity index (χ4v) is 0.438.